The Balaban J connectivity index is 1.61. The number of para-hydroxylation sites is 1. The lowest BCUT2D eigenvalue weighted by Gasteiger charge is -2.36. The van der Waals surface area contributed by atoms with Gasteiger partial charge < -0.3 is 20.1 Å². The predicted molar refractivity (Wildman–Crippen MR) is 114 cm³/mol. The maximum atomic E-state index is 5.79. The van der Waals surface area contributed by atoms with Gasteiger partial charge in [-0.2, -0.15) is 0 Å². The van der Waals surface area contributed by atoms with Crippen LogP contribution in [0.1, 0.15) is 38.7 Å². The van der Waals surface area contributed by atoms with Crippen LogP contribution in [-0.2, 0) is 4.74 Å². The molecule has 28 heavy (non-hydrogen) atoms. The number of guanidine groups is 1. The summed E-state index contributed by atoms with van der Waals surface area (Å²) in [5.74, 6) is 2.95. The highest BCUT2D eigenvalue weighted by molar-refractivity contribution is 5.79. The predicted octanol–water partition coefficient (Wildman–Crippen LogP) is 2.46. The number of aliphatic imine (C=N–C) groups is 1. The lowest BCUT2D eigenvalue weighted by Crippen LogP contribution is -2.48. The molecule has 2 aliphatic heterocycles. The number of nitrogens with one attached hydrogen (secondary N) is 2. The molecule has 1 aromatic rings. The Labute approximate surface area is 169 Å². The second-order valence-electron chi connectivity index (χ2n) is 7.93. The number of rotatable bonds is 7. The fourth-order valence-corrected chi connectivity index (χ4v) is 4.03. The molecule has 1 aromatic carbocycles. The van der Waals surface area contributed by atoms with E-state index in [-0.39, 0.29) is 0 Å². The summed E-state index contributed by atoms with van der Waals surface area (Å²) >= 11 is 0. The van der Waals surface area contributed by atoms with Crippen molar-refractivity contribution in [3.8, 4) is 5.75 Å². The van der Waals surface area contributed by atoms with E-state index in [1.54, 1.807) is 0 Å². The molecule has 0 aliphatic carbocycles. The molecule has 6 nitrogen and oxygen atoms in total. The van der Waals surface area contributed by atoms with E-state index in [9.17, 15) is 0 Å². The summed E-state index contributed by atoms with van der Waals surface area (Å²) in [4.78, 5) is 7.46. The Bertz CT molecular complexity index is 629. The van der Waals surface area contributed by atoms with Crippen LogP contribution in [0.3, 0.4) is 0 Å². The van der Waals surface area contributed by atoms with Gasteiger partial charge in [0.25, 0.3) is 0 Å². The number of benzene rings is 1. The highest BCUT2D eigenvalue weighted by Crippen LogP contribution is 2.32. The van der Waals surface area contributed by atoms with Crippen LogP contribution in [0.25, 0.3) is 0 Å². The van der Waals surface area contributed by atoms with Gasteiger partial charge in [0.15, 0.2) is 5.96 Å². The molecule has 0 aromatic heterocycles. The first-order valence-corrected chi connectivity index (χ1v) is 10.7. The summed E-state index contributed by atoms with van der Waals surface area (Å²) in [6.45, 7) is 13.7. The SMILES string of the molecule is CCNC(=NCC(C(C)C)N1CCOCC1)NCC1CCOc2ccccc21. The molecule has 2 N–H and O–H groups in total. The van der Waals surface area contributed by atoms with Gasteiger partial charge in [0.2, 0.25) is 0 Å². The van der Waals surface area contributed by atoms with E-state index in [1.807, 2.05) is 6.07 Å². The Kier molecular flexibility index (Phi) is 7.98. The van der Waals surface area contributed by atoms with Gasteiger partial charge in [0.1, 0.15) is 5.75 Å². The summed E-state index contributed by atoms with van der Waals surface area (Å²) in [7, 11) is 0. The number of ether oxygens (including phenoxy) is 2. The van der Waals surface area contributed by atoms with E-state index < -0.39 is 0 Å². The van der Waals surface area contributed by atoms with Gasteiger partial charge >= 0.3 is 0 Å². The van der Waals surface area contributed by atoms with E-state index in [0.717, 1.165) is 70.7 Å². The van der Waals surface area contributed by atoms with Crippen LogP contribution in [0.15, 0.2) is 29.3 Å². The van der Waals surface area contributed by atoms with E-state index in [0.29, 0.717) is 17.9 Å². The topological polar surface area (TPSA) is 58.1 Å². The first-order valence-electron chi connectivity index (χ1n) is 10.7. The quantitative estimate of drug-likeness (QED) is 0.555. The second kappa shape index (κ2) is 10.7. The van der Waals surface area contributed by atoms with Gasteiger partial charge in [0, 0.05) is 38.1 Å². The Morgan fingerprint density at radius 3 is 2.71 bits per heavy atom. The maximum Gasteiger partial charge on any atom is 0.191 e. The molecule has 0 spiro atoms. The number of fused-ring (bicyclic) bond motifs is 1. The maximum absolute atomic E-state index is 5.79. The van der Waals surface area contributed by atoms with Gasteiger partial charge in [0.05, 0.1) is 26.4 Å². The minimum absolute atomic E-state index is 0.447. The molecule has 0 saturated carbocycles. The molecule has 6 heteroatoms. The van der Waals surface area contributed by atoms with Crippen molar-refractivity contribution in [1.29, 1.82) is 0 Å². The molecule has 1 saturated heterocycles. The fraction of sp³-hybridized carbons (Fsp3) is 0.682. The van der Waals surface area contributed by atoms with Gasteiger partial charge in [-0.3, -0.25) is 9.89 Å². The third-order valence-electron chi connectivity index (χ3n) is 5.66. The largest absolute Gasteiger partial charge is 0.493 e. The first-order chi connectivity index (χ1) is 13.7. The van der Waals surface area contributed by atoms with Crippen molar-refractivity contribution in [2.45, 2.75) is 39.2 Å². The Morgan fingerprint density at radius 2 is 1.96 bits per heavy atom. The zero-order valence-corrected chi connectivity index (χ0v) is 17.6. The molecule has 0 radical (unpaired) electrons. The molecule has 2 unspecified atom stereocenters. The third kappa shape index (κ3) is 5.61. The van der Waals surface area contributed by atoms with Crippen LogP contribution in [0, 0.1) is 5.92 Å². The van der Waals surface area contributed by atoms with Crippen molar-refractivity contribution < 1.29 is 9.47 Å². The van der Waals surface area contributed by atoms with Gasteiger partial charge in [-0.15, -0.1) is 0 Å². The zero-order valence-electron chi connectivity index (χ0n) is 17.6. The van der Waals surface area contributed by atoms with Crippen molar-refractivity contribution >= 4 is 5.96 Å². The highest BCUT2D eigenvalue weighted by atomic mass is 16.5. The molecular weight excluding hydrogens is 352 g/mol. The molecule has 1 fully saturated rings. The number of hydrogen-bond acceptors (Lipinski definition) is 4. The van der Waals surface area contributed by atoms with Gasteiger partial charge in [-0.1, -0.05) is 32.0 Å². The molecular formula is C22H36N4O2. The van der Waals surface area contributed by atoms with Gasteiger partial charge in [-0.05, 0) is 30.9 Å². The minimum atomic E-state index is 0.447. The third-order valence-corrected chi connectivity index (χ3v) is 5.66. The van der Waals surface area contributed by atoms with Crippen molar-refractivity contribution in [2.24, 2.45) is 10.9 Å². The zero-order chi connectivity index (χ0) is 19.8. The summed E-state index contributed by atoms with van der Waals surface area (Å²) in [6, 6.07) is 8.82. The second-order valence-corrected chi connectivity index (χ2v) is 7.93. The summed E-state index contributed by atoms with van der Waals surface area (Å²) in [6.07, 6.45) is 1.03. The van der Waals surface area contributed by atoms with Crippen LogP contribution in [0.2, 0.25) is 0 Å². The smallest absolute Gasteiger partial charge is 0.191 e. The first kappa shape index (κ1) is 20.9. The van der Waals surface area contributed by atoms with Crippen molar-refractivity contribution in [2.75, 3.05) is 52.5 Å². The Hall–Kier alpha value is -1.79. The van der Waals surface area contributed by atoms with Crippen LogP contribution in [0.5, 0.6) is 5.75 Å². The molecule has 2 heterocycles. The fourth-order valence-electron chi connectivity index (χ4n) is 4.03. The molecule has 156 valence electrons. The number of morpholine rings is 1. The molecule has 3 rings (SSSR count). The van der Waals surface area contributed by atoms with Crippen molar-refractivity contribution in [1.82, 2.24) is 15.5 Å². The average molecular weight is 389 g/mol. The van der Waals surface area contributed by atoms with E-state index in [1.165, 1.54) is 5.56 Å². The van der Waals surface area contributed by atoms with Crippen LogP contribution in [0.4, 0.5) is 0 Å². The van der Waals surface area contributed by atoms with Gasteiger partial charge in [-0.25, -0.2) is 0 Å². The average Bonchev–Trinajstić information content (AvgIpc) is 2.72. The monoisotopic (exact) mass is 388 g/mol. The van der Waals surface area contributed by atoms with Crippen molar-refractivity contribution in [3.05, 3.63) is 29.8 Å². The molecule has 2 aliphatic rings. The molecule has 0 bridgehead atoms. The minimum Gasteiger partial charge on any atom is -0.493 e. The number of nitrogens with zero attached hydrogens (tertiary/aromatic N) is 2. The van der Waals surface area contributed by atoms with Crippen molar-refractivity contribution in [3.63, 3.8) is 0 Å². The summed E-state index contributed by atoms with van der Waals surface area (Å²) in [5.41, 5.74) is 1.30. The molecule has 2 atom stereocenters. The summed E-state index contributed by atoms with van der Waals surface area (Å²) in [5, 5.41) is 6.98. The number of hydrogen-bond donors (Lipinski definition) is 2. The lowest BCUT2D eigenvalue weighted by molar-refractivity contribution is 0.00867. The lowest BCUT2D eigenvalue weighted by atomic mass is 9.93. The standard InChI is InChI=1S/C22H36N4O2/c1-4-23-22(25-16-20(17(2)3)26-10-13-27-14-11-26)24-15-18-9-12-28-21-8-6-5-7-19(18)21/h5-8,17-18,20H,4,9-16H2,1-3H3,(H2,23,24,25). The summed E-state index contributed by atoms with van der Waals surface area (Å²) < 4.78 is 11.3. The van der Waals surface area contributed by atoms with E-state index >= 15 is 0 Å². The molecule has 0 amide bonds. The van der Waals surface area contributed by atoms with E-state index in [2.05, 4.69) is 54.5 Å². The van der Waals surface area contributed by atoms with E-state index in [4.69, 9.17) is 14.5 Å². The van der Waals surface area contributed by atoms with Crippen LogP contribution < -0.4 is 15.4 Å². The van der Waals surface area contributed by atoms with Crippen LogP contribution in [-0.4, -0.2) is 69.4 Å². The van der Waals surface area contributed by atoms with Crippen LogP contribution >= 0.6 is 0 Å². The highest BCUT2D eigenvalue weighted by Gasteiger charge is 2.24. The Morgan fingerprint density at radius 1 is 1.18 bits per heavy atom. The normalized spacial score (nSPS) is 21.7.